The van der Waals surface area contributed by atoms with Crippen LogP contribution in [0.15, 0.2) is 48.6 Å². The zero-order valence-corrected chi connectivity index (χ0v) is 53.6. The van der Waals surface area contributed by atoms with Gasteiger partial charge in [0.25, 0.3) is 0 Å². The van der Waals surface area contributed by atoms with Crippen LogP contribution in [0.5, 0.6) is 0 Å². The molecule has 0 aromatic rings. The average molecular weight is 1100 g/mol. The molecule has 1 nitrogen and oxygen atoms in total. The Morgan fingerprint density at radius 3 is 0.473 bits per heavy atom. The molecule has 0 saturated heterocycles. The second-order valence-electron chi connectivity index (χ2n) is 22.9. The van der Waals surface area contributed by atoms with Crippen molar-refractivity contribution >= 4 is 15.9 Å². The maximum absolute atomic E-state index is 5.47. The van der Waals surface area contributed by atoms with Crippen LogP contribution in [0.1, 0.15) is 400 Å². The highest BCUT2D eigenvalue weighted by atomic mass is 79.9. The molecular weight excluding hydrogens is 959 g/mol. The highest BCUT2D eigenvalue weighted by molar-refractivity contribution is 9.09. The summed E-state index contributed by atoms with van der Waals surface area (Å²) < 4.78 is 0. The second kappa shape index (κ2) is 81.2. The molecule has 0 aromatic heterocycles. The molecule has 0 aliphatic heterocycles. The third-order valence-corrected chi connectivity index (χ3v) is 15.7. The fraction of sp³-hybridized carbons (Fsp3) is 0.889. The molecule has 0 atom stereocenters. The lowest BCUT2D eigenvalue weighted by molar-refractivity contribution is 0.534. The summed E-state index contributed by atoms with van der Waals surface area (Å²) >= 11 is 3.48. The molecule has 0 rings (SSSR count). The Bertz CT molecular complexity index is 931. The minimum atomic E-state index is 0.862. The molecule has 74 heavy (non-hydrogen) atoms. The number of nitrogens with two attached hydrogens (primary N) is 1. The predicted octanol–water partition coefficient (Wildman–Crippen LogP) is 27.2. The molecule has 2 N–H and O–H groups in total. The van der Waals surface area contributed by atoms with Crippen LogP contribution in [0.3, 0.4) is 0 Å². The van der Waals surface area contributed by atoms with Gasteiger partial charge in [0.05, 0.1) is 0 Å². The minimum absolute atomic E-state index is 0.862. The van der Waals surface area contributed by atoms with Crippen molar-refractivity contribution in [3.63, 3.8) is 0 Å². The standard InChI is InChI=1S/C36H70.C18H35Br.C18H37N/c1-3-5-7-9-11-13-15-17-19-21-23-25-27-29-31-33-35-36-34-32-30-28-26-24-22-20-18-16-14-12-10-8-6-4-2;2*1-2-3-4-5-6-7-8-9-10-11-12-13-14-15-16-17-18-19/h17-20H,3-16,21-36H2,1-2H3;9-10H,2-8,11-18H2,1H3;9-10H,2-8,11-19H2,1H3/b19-17-,20-18-;2*10-9-. The largest absolute Gasteiger partial charge is 0.330 e. The highest BCUT2D eigenvalue weighted by Gasteiger charge is 1.97. The average Bonchev–Trinajstić information content (AvgIpc) is 3.41. The molecule has 2 heteroatoms. The van der Waals surface area contributed by atoms with Crippen LogP contribution in [0.2, 0.25) is 0 Å². The number of hydrogen-bond acceptors (Lipinski definition) is 1. The summed E-state index contributed by atoms with van der Waals surface area (Å²) in [6.45, 7) is 10.0. The molecule has 0 heterocycles. The van der Waals surface area contributed by atoms with Crippen molar-refractivity contribution in [3.8, 4) is 0 Å². The lowest BCUT2D eigenvalue weighted by Gasteiger charge is -2.03. The molecule has 0 aromatic carbocycles. The molecule has 0 fully saturated rings. The Kier molecular flexibility index (Phi) is 85.2. The van der Waals surface area contributed by atoms with Crippen molar-refractivity contribution in [2.45, 2.75) is 400 Å². The van der Waals surface area contributed by atoms with Crippen LogP contribution in [-0.4, -0.2) is 11.9 Å². The first-order chi connectivity index (χ1) is 36.7. The fourth-order valence-corrected chi connectivity index (χ4v) is 10.3. The van der Waals surface area contributed by atoms with Crippen LogP contribution < -0.4 is 5.73 Å². The van der Waals surface area contributed by atoms with Gasteiger partial charge < -0.3 is 5.73 Å². The summed E-state index contributed by atoms with van der Waals surface area (Å²) in [5.74, 6) is 0. The number of hydrogen-bond donors (Lipinski definition) is 1. The zero-order valence-electron chi connectivity index (χ0n) is 52.0. The van der Waals surface area contributed by atoms with E-state index in [1.54, 1.807) is 0 Å². The lowest BCUT2D eigenvalue weighted by Crippen LogP contribution is -1.97. The predicted molar refractivity (Wildman–Crippen MR) is 350 cm³/mol. The highest BCUT2D eigenvalue weighted by Crippen LogP contribution is 2.16. The molecule has 0 radical (unpaired) electrons. The van der Waals surface area contributed by atoms with Gasteiger partial charge in [-0.1, -0.05) is 349 Å². The van der Waals surface area contributed by atoms with Gasteiger partial charge in [-0.25, -0.2) is 0 Å². The maximum Gasteiger partial charge on any atom is 0.00313 e. The molecule has 0 aliphatic carbocycles. The van der Waals surface area contributed by atoms with Gasteiger partial charge in [-0.15, -0.1) is 0 Å². The van der Waals surface area contributed by atoms with Crippen molar-refractivity contribution in [1.82, 2.24) is 0 Å². The molecule has 0 bridgehead atoms. The quantitative estimate of drug-likeness (QED) is 0.0367. The van der Waals surface area contributed by atoms with E-state index in [0.29, 0.717) is 0 Å². The Morgan fingerprint density at radius 2 is 0.324 bits per heavy atom. The van der Waals surface area contributed by atoms with Crippen LogP contribution in [0.4, 0.5) is 0 Å². The summed E-state index contributed by atoms with van der Waals surface area (Å²) in [6.07, 6.45) is 101. The van der Waals surface area contributed by atoms with Crippen LogP contribution in [0, 0.1) is 0 Å². The van der Waals surface area contributed by atoms with Gasteiger partial charge >= 0.3 is 0 Å². The van der Waals surface area contributed by atoms with Gasteiger partial charge in [0.1, 0.15) is 0 Å². The smallest absolute Gasteiger partial charge is 0.00313 e. The Balaban J connectivity index is -0.00000112. The molecule has 0 saturated carbocycles. The van der Waals surface area contributed by atoms with Gasteiger partial charge in [0.15, 0.2) is 0 Å². The molecule has 0 amide bonds. The summed E-state index contributed by atoms with van der Waals surface area (Å²) in [6, 6.07) is 0. The second-order valence-corrected chi connectivity index (χ2v) is 23.7. The number of alkyl halides is 1. The third kappa shape index (κ3) is 85.3. The van der Waals surface area contributed by atoms with E-state index in [1.807, 2.05) is 0 Å². The van der Waals surface area contributed by atoms with E-state index < -0.39 is 0 Å². The lowest BCUT2D eigenvalue weighted by atomic mass is 10.0. The van der Waals surface area contributed by atoms with Gasteiger partial charge in [-0.2, -0.15) is 0 Å². The van der Waals surface area contributed by atoms with Crippen molar-refractivity contribution in [3.05, 3.63) is 48.6 Å². The normalized spacial score (nSPS) is 11.7. The first kappa shape index (κ1) is 77.6. The number of unbranched alkanes of at least 4 members (excludes halogenated alkanes) is 51. The van der Waals surface area contributed by atoms with Crippen molar-refractivity contribution < 1.29 is 0 Å². The topological polar surface area (TPSA) is 26.0 Å². The number of rotatable bonds is 61. The Hall–Kier alpha value is -0.600. The minimum Gasteiger partial charge on any atom is -0.330 e. The molecular formula is C72H142BrN. The van der Waals surface area contributed by atoms with Crippen LogP contribution >= 0.6 is 15.9 Å². The van der Waals surface area contributed by atoms with E-state index in [0.717, 1.165) is 6.54 Å². The van der Waals surface area contributed by atoms with E-state index in [2.05, 4.69) is 92.2 Å². The number of halogens is 1. The number of allylic oxidation sites excluding steroid dienone is 8. The monoisotopic (exact) mass is 1100 g/mol. The summed E-state index contributed by atoms with van der Waals surface area (Å²) in [5.41, 5.74) is 5.47. The van der Waals surface area contributed by atoms with Crippen molar-refractivity contribution in [1.29, 1.82) is 0 Å². The molecule has 0 spiro atoms. The van der Waals surface area contributed by atoms with Gasteiger partial charge in [-0.3, -0.25) is 0 Å². The van der Waals surface area contributed by atoms with Crippen LogP contribution in [-0.2, 0) is 0 Å². The van der Waals surface area contributed by atoms with E-state index >= 15 is 0 Å². The van der Waals surface area contributed by atoms with Crippen LogP contribution in [0.25, 0.3) is 0 Å². The maximum atomic E-state index is 5.47. The van der Waals surface area contributed by atoms with Gasteiger partial charge in [-0.05, 0) is 122 Å². The summed E-state index contributed by atoms with van der Waals surface area (Å²) in [4.78, 5) is 0. The van der Waals surface area contributed by atoms with Crippen molar-refractivity contribution in [2.24, 2.45) is 5.73 Å². The SMILES string of the molecule is CCCCCCCC/C=C\CCCCCCCCBr.CCCCCCCC/C=C\CCCCCCCCCCCCCCCC/C=C\CCCCCCCC.CCCCCCCC/C=C\CCCCCCCCN. The van der Waals surface area contributed by atoms with E-state index in [4.69, 9.17) is 5.73 Å². The van der Waals surface area contributed by atoms with E-state index in [9.17, 15) is 0 Å². The van der Waals surface area contributed by atoms with E-state index in [-0.39, 0.29) is 0 Å². The van der Waals surface area contributed by atoms with Gasteiger partial charge in [0.2, 0.25) is 0 Å². The Morgan fingerprint density at radius 1 is 0.189 bits per heavy atom. The third-order valence-electron chi connectivity index (χ3n) is 15.1. The summed E-state index contributed by atoms with van der Waals surface area (Å²) in [5, 5.41) is 1.17. The van der Waals surface area contributed by atoms with E-state index in [1.165, 1.54) is 378 Å². The molecule has 0 aliphatic rings. The molecule has 0 unspecified atom stereocenters. The molecule has 442 valence electrons. The van der Waals surface area contributed by atoms with Gasteiger partial charge in [0, 0.05) is 5.33 Å². The zero-order chi connectivity index (χ0) is 54.1. The first-order valence-electron chi connectivity index (χ1n) is 34.6. The first-order valence-corrected chi connectivity index (χ1v) is 35.7. The van der Waals surface area contributed by atoms with Crippen molar-refractivity contribution in [2.75, 3.05) is 11.9 Å². The fourth-order valence-electron chi connectivity index (χ4n) is 9.94. The summed E-state index contributed by atoms with van der Waals surface area (Å²) in [7, 11) is 0. The Labute approximate surface area is 479 Å².